The molecule has 0 unspecified atom stereocenters. The highest BCUT2D eigenvalue weighted by atomic mass is 32.2. The predicted molar refractivity (Wildman–Crippen MR) is 41.9 cm³/mol. The minimum absolute atomic E-state index is 0.103. The molecule has 0 bridgehead atoms. The van der Waals surface area contributed by atoms with Crippen molar-refractivity contribution in [1.82, 2.24) is 0 Å². The fraction of sp³-hybridized carbons (Fsp3) is 0.429. The summed E-state index contributed by atoms with van der Waals surface area (Å²) in [5.41, 5.74) is 0. The number of carbonyl (C=O) groups is 1. The largest absolute Gasteiger partial charge is 0.298 e. The highest BCUT2D eigenvalue weighted by Crippen LogP contribution is 2.10. The second kappa shape index (κ2) is 4.86. The Labute approximate surface area is 61.2 Å². The lowest BCUT2D eigenvalue weighted by molar-refractivity contribution is -0.113. The van der Waals surface area contributed by atoms with Gasteiger partial charge in [-0.1, -0.05) is 6.92 Å². The van der Waals surface area contributed by atoms with Crippen LogP contribution >= 0.6 is 11.8 Å². The second-order valence-electron chi connectivity index (χ2n) is 1.68. The highest BCUT2D eigenvalue weighted by molar-refractivity contribution is 8.00. The number of hydrogen-bond acceptors (Lipinski definition) is 2. The molecule has 51 valence electrons. The predicted octanol–water partition coefficient (Wildman–Crippen LogP) is 1.55. The maximum atomic E-state index is 10.4. The van der Waals surface area contributed by atoms with Crippen LogP contribution in [-0.4, -0.2) is 16.8 Å². The minimum atomic E-state index is -0.202. The smallest absolute Gasteiger partial charge is 0.146 e. The first-order chi connectivity index (χ1) is 4.18. The number of Topliss-reactive ketones (excluding diaryl/α,β-unsaturated/α-hetero) is 1. The Kier molecular flexibility index (Phi) is 4.87. The van der Waals surface area contributed by atoms with Crippen LogP contribution in [0.25, 0.3) is 0 Å². The van der Waals surface area contributed by atoms with Gasteiger partial charge in [-0.05, 0) is 19.1 Å². The molecule has 1 nitrogen and oxygen atoms in total. The van der Waals surface area contributed by atoms with Gasteiger partial charge >= 0.3 is 0 Å². The van der Waals surface area contributed by atoms with Crippen LogP contribution in [0.4, 0.5) is 0 Å². The van der Waals surface area contributed by atoms with E-state index in [1.54, 1.807) is 0 Å². The van der Waals surface area contributed by atoms with E-state index in [0.717, 1.165) is 12.2 Å². The summed E-state index contributed by atoms with van der Waals surface area (Å²) in [4.78, 5) is 10.4. The topological polar surface area (TPSA) is 17.1 Å². The molecule has 0 aromatic carbocycles. The van der Waals surface area contributed by atoms with E-state index in [9.17, 15) is 4.79 Å². The van der Waals surface area contributed by atoms with Crippen LogP contribution in [-0.2, 0) is 4.79 Å². The lowest BCUT2D eigenvalue weighted by Crippen LogP contribution is -2.09. The van der Waals surface area contributed by atoms with Crippen LogP contribution in [0.1, 0.15) is 6.42 Å². The molecule has 0 aliphatic heterocycles. The third-order valence-electron chi connectivity index (χ3n) is 0.822. The van der Waals surface area contributed by atoms with Crippen LogP contribution < -0.4 is 0 Å². The van der Waals surface area contributed by atoms with Crippen molar-refractivity contribution >= 4 is 17.5 Å². The van der Waals surface area contributed by atoms with E-state index in [4.69, 9.17) is 0 Å². The maximum Gasteiger partial charge on any atom is 0.146 e. The molecule has 0 amide bonds. The Morgan fingerprint density at radius 2 is 2.22 bits per heavy atom. The molecule has 0 aliphatic rings. The summed E-state index contributed by atoms with van der Waals surface area (Å²) >= 11 is 1.50. The Hall–Kier alpha value is 0.0200. The van der Waals surface area contributed by atoms with Crippen molar-refractivity contribution in [1.29, 1.82) is 0 Å². The quantitative estimate of drug-likeness (QED) is 0.594. The van der Waals surface area contributed by atoms with E-state index in [0.29, 0.717) is 0 Å². The number of hydrogen-bond donors (Lipinski definition) is 0. The molecule has 1 atom stereocenters. The molecule has 2 heteroatoms. The van der Waals surface area contributed by atoms with Crippen molar-refractivity contribution in [3.05, 3.63) is 20.8 Å². The number of ketones is 1. The molecule has 0 heterocycles. The molecule has 0 aromatic rings. The van der Waals surface area contributed by atoms with E-state index in [1.807, 2.05) is 0 Å². The lowest BCUT2D eigenvalue weighted by Gasteiger charge is -2.03. The van der Waals surface area contributed by atoms with Gasteiger partial charge < -0.3 is 0 Å². The van der Waals surface area contributed by atoms with Crippen molar-refractivity contribution in [3.63, 3.8) is 0 Å². The molecular weight excluding hydrogens is 132 g/mol. The molecule has 0 saturated carbocycles. The Bertz CT molecular complexity index is 90.9. The van der Waals surface area contributed by atoms with Gasteiger partial charge in [0, 0.05) is 6.92 Å². The molecule has 0 N–H and O–H groups in total. The first-order valence-electron chi connectivity index (χ1n) is 2.78. The fourth-order valence-electron chi connectivity index (χ4n) is 0.319. The Balaban J connectivity index is 3.27. The SMILES string of the molecule is [CH2]CCS[C@@H]([CH2])C([CH2])=O. The molecular formula is C7H11OS. The van der Waals surface area contributed by atoms with Crippen LogP contribution in [0.3, 0.4) is 0 Å². The molecule has 3 radical (unpaired) electrons. The first-order valence-corrected chi connectivity index (χ1v) is 3.83. The zero-order chi connectivity index (χ0) is 7.28. The molecule has 0 saturated heterocycles. The van der Waals surface area contributed by atoms with Gasteiger partial charge in [0.2, 0.25) is 0 Å². The number of thioether (sulfide) groups is 1. The molecule has 0 aliphatic carbocycles. The average molecular weight is 143 g/mol. The van der Waals surface area contributed by atoms with Crippen LogP contribution in [0.5, 0.6) is 0 Å². The van der Waals surface area contributed by atoms with Crippen LogP contribution in [0.15, 0.2) is 0 Å². The van der Waals surface area contributed by atoms with Gasteiger partial charge in [0.05, 0.1) is 5.25 Å². The van der Waals surface area contributed by atoms with Crippen LogP contribution in [0, 0.1) is 20.8 Å². The Morgan fingerprint density at radius 1 is 1.67 bits per heavy atom. The van der Waals surface area contributed by atoms with Crippen LogP contribution in [0.2, 0.25) is 0 Å². The standard InChI is InChI=1S/C7H11OS/c1-4-5-9-7(3)6(2)8/h7H,1-5H2/t7-/m0/s1. The van der Waals surface area contributed by atoms with Gasteiger partial charge in [0.25, 0.3) is 0 Å². The highest BCUT2D eigenvalue weighted by Gasteiger charge is 2.05. The van der Waals surface area contributed by atoms with Crippen molar-refractivity contribution < 1.29 is 4.79 Å². The van der Waals surface area contributed by atoms with Gasteiger partial charge in [0.1, 0.15) is 5.78 Å². The monoisotopic (exact) mass is 143 g/mol. The summed E-state index contributed by atoms with van der Waals surface area (Å²) < 4.78 is 0. The van der Waals surface area contributed by atoms with E-state index in [-0.39, 0.29) is 11.0 Å². The summed E-state index contributed by atoms with van der Waals surface area (Å²) in [7, 11) is 0. The Morgan fingerprint density at radius 3 is 2.56 bits per heavy atom. The van der Waals surface area contributed by atoms with Crippen molar-refractivity contribution in [2.75, 3.05) is 5.75 Å². The second-order valence-corrected chi connectivity index (χ2v) is 2.99. The summed E-state index contributed by atoms with van der Waals surface area (Å²) in [5.74, 6) is 0.781. The zero-order valence-corrected chi connectivity index (χ0v) is 6.25. The van der Waals surface area contributed by atoms with E-state index < -0.39 is 0 Å². The van der Waals surface area contributed by atoms with Gasteiger partial charge in [-0.15, -0.1) is 0 Å². The zero-order valence-electron chi connectivity index (χ0n) is 5.43. The van der Waals surface area contributed by atoms with E-state index in [1.165, 1.54) is 11.8 Å². The van der Waals surface area contributed by atoms with E-state index >= 15 is 0 Å². The molecule has 9 heavy (non-hydrogen) atoms. The number of carbonyl (C=O) groups excluding carboxylic acids is 1. The summed E-state index contributed by atoms with van der Waals surface area (Å²) in [6.07, 6.45) is 0.837. The molecule has 0 aromatic heterocycles. The molecule has 0 fully saturated rings. The first kappa shape index (κ1) is 9.02. The third kappa shape index (κ3) is 4.52. The van der Waals surface area contributed by atoms with Crippen molar-refractivity contribution in [3.8, 4) is 0 Å². The van der Waals surface area contributed by atoms with Gasteiger partial charge in [-0.2, -0.15) is 11.8 Å². The van der Waals surface area contributed by atoms with Gasteiger partial charge in [-0.3, -0.25) is 4.79 Å². The lowest BCUT2D eigenvalue weighted by atomic mass is 10.3. The van der Waals surface area contributed by atoms with Gasteiger partial charge in [0.15, 0.2) is 0 Å². The summed E-state index contributed by atoms with van der Waals surface area (Å²) in [6, 6.07) is 0. The van der Waals surface area contributed by atoms with E-state index in [2.05, 4.69) is 20.8 Å². The minimum Gasteiger partial charge on any atom is -0.298 e. The third-order valence-corrected chi connectivity index (χ3v) is 2.01. The molecule has 0 rings (SSSR count). The van der Waals surface area contributed by atoms with Gasteiger partial charge in [-0.25, -0.2) is 0 Å². The average Bonchev–Trinajstić information content (AvgIpc) is 1.82. The molecule has 0 spiro atoms. The fourth-order valence-corrected chi connectivity index (χ4v) is 0.956. The van der Waals surface area contributed by atoms with Crippen molar-refractivity contribution in [2.24, 2.45) is 0 Å². The normalized spacial score (nSPS) is 13.2. The van der Waals surface area contributed by atoms with Crippen molar-refractivity contribution in [2.45, 2.75) is 11.7 Å². The maximum absolute atomic E-state index is 10.4. The summed E-state index contributed by atoms with van der Waals surface area (Å²) in [5, 5.41) is -0.202. The number of rotatable bonds is 4. The summed E-state index contributed by atoms with van der Waals surface area (Å²) in [6.45, 7) is 10.5.